The minimum absolute atomic E-state index is 0.0333. The van der Waals surface area contributed by atoms with Crippen LogP contribution in [0.2, 0.25) is 0 Å². The number of aromatic nitrogens is 2. The number of alkyl halides is 3. The van der Waals surface area contributed by atoms with E-state index in [1.54, 1.807) is 0 Å². The highest BCUT2D eigenvalue weighted by molar-refractivity contribution is 7.93. The molecule has 0 saturated heterocycles. The molecule has 0 unspecified atom stereocenters. The zero-order valence-electron chi connectivity index (χ0n) is 10.5. The summed E-state index contributed by atoms with van der Waals surface area (Å²) in [7, 11) is -5.53. The number of ether oxygens (including phenoxy) is 1. The van der Waals surface area contributed by atoms with E-state index in [1.807, 2.05) is 0 Å². The number of anilines is 1. The molecule has 22 heavy (non-hydrogen) atoms. The molecule has 6 nitrogen and oxygen atoms in total. The van der Waals surface area contributed by atoms with Crippen LogP contribution in [0.15, 0.2) is 36.7 Å². The summed E-state index contributed by atoms with van der Waals surface area (Å²) in [4.78, 5) is 6.98. The van der Waals surface area contributed by atoms with Crippen LogP contribution in [0.4, 0.5) is 23.2 Å². The summed E-state index contributed by atoms with van der Waals surface area (Å²) in [6.45, 7) is 0. The van der Waals surface area contributed by atoms with Gasteiger partial charge in [0.15, 0.2) is 5.82 Å². The molecule has 0 aliphatic carbocycles. The third kappa shape index (κ3) is 3.81. The lowest BCUT2D eigenvalue weighted by atomic mass is 10.3. The third-order valence-corrected chi connectivity index (χ3v) is 3.31. The molecular formula is C11H7F4N3O3S. The van der Waals surface area contributed by atoms with Crippen molar-refractivity contribution < 1.29 is 30.7 Å². The highest BCUT2D eigenvalue weighted by Gasteiger charge is 2.46. The number of sulfonamides is 1. The van der Waals surface area contributed by atoms with Crippen LogP contribution in [0.3, 0.4) is 0 Å². The summed E-state index contributed by atoms with van der Waals surface area (Å²) < 4.78 is 77.8. The van der Waals surface area contributed by atoms with E-state index in [-0.39, 0.29) is 17.4 Å². The van der Waals surface area contributed by atoms with Gasteiger partial charge in [0.1, 0.15) is 5.75 Å². The molecule has 0 atom stereocenters. The summed E-state index contributed by atoms with van der Waals surface area (Å²) in [6, 6.07) is 4.43. The maximum Gasteiger partial charge on any atom is 0.516 e. The number of rotatable bonds is 4. The minimum atomic E-state index is -5.53. The van der Waals surface area contributed by atoms with Gasteiger partial charge in [-0.3, -0.25) is 4.72 Å². The van der Waals surface area contributed by atoms with Gasteiger partial charge in [-0.1, -0.05) is 6.07 Å². The topological polar surface area (TPSA) is 81.2 Å². The van der Waals surface area contributed by atoms with Crippen LogP contribution in [0.1, 0.15) is 0 Å². The SMILES string of the molecule is O=S(=O)(Nc1cccc(Oc2ncc(F)cn2)c1)C(F)(F)F. The maximum atomic E-state index is 12.6. The second kappa shape index (κ2) is 5.75. The van der Waals surface area contributed by atoms with Gasteiger partial charge in [-0.2, -0.15) is 21.6 Å². The van der Waals surface area contributed by atoms with E-state index in [2.05, 4.69) is 9.97 Å². The van der Waals surface area contributed by atoms with Crippen LogP contribution in [-0.4, -0.2) is 23.9 Å². The molecule has 0 amide bonds. The summed E-state index contributed by atoms with van der Waals surface area (Å²) in [5.74, 6) is -0.729. The van der Waals surface area contributed by atoms with Crippen LogP contribution in [0, 0.1) is 5.82 Å². The van der Waals surface area contributed by atoms with Gasteiger partial charge in [-0.15, -0.1) is 0 Å². The molecule has 2 aromatic rings. The second-order valence-electron chi connectivity index (χ2n) is 3.86. The summed E-state index contributed by atoms with van der Waals surface area (Å²) in [5.41, 5.74) is -5.80. The quantitative estimate of drug-likeness (QED) is 0.868. The number of halogens is 4. The van der Waals surface area contributed by atoms with E-state index in [0.717, 1.165) is 24.5 Å². The molecule has 2 rings (SSSR count). The molecule has 118 valence electrons. The Morgan fingerprint density at radius 1 is 1.14 bits per heavy atom. The number of nitrogens with one attached hydrogen (secondary N) is 1. The number of benzene rings is 1. The van der Waals surface area contributed by atoms with E-state index in [9.17, 15) is 26.0 Å². The lowest BCUT2D eigenvalue weighted by Crippen LogP contribution is -2.29. The molecule has 0 saturated carbocycles. The molecule has 0 fully saturated rings. The molecule has 0 radical (unpaired) electrons. The van der Waals surface area contributed by atoms with E-state index in [1.165, 1.54) is 16.9 Å². The Morgan fingerprint density at radius 3 is 2.36 bits per heavy atom. The Bertz CT molecular complexity index is 763. The van der Waals surface area contributed by atoms with Gasteiger partial charge in [0.25, 0.3) is 0 Å². The predicted molar refractivity (Wildman–Crippen MR) is 67.1 cm³/mol. The first-order valence-electron chi connectivity index (χ1n) is 5.52. The summed E-state index contributed by atoms with van der Waals surface area (Å²) in [6.07, 6.45) is 1.66. The van der Waals surface area contributed by atoms with Crippen molar-refractivity contribution in [2.24, 2.45) is 0 Å². The van der Waals surface area contributed by atoms with Crippen LogP contribution in [0.25, 0.3) is 0 Å². The highest BCUT2D eigenvalue weighted by atomic mass is 32.2. The molecule has 1 aromatic heterocycles. The Labute approximate surface area is 121 Å². The summed E-state index contributed by atoms with van der Waals surface area (Å²) >= 11 is 0. The van der Waals surface area contributed by atoms with Crippen LogP contribution < -0.4 is 9.46 Å². The van der Waals surface area contributed by atoms with Crippen molar-refractivity contribution in [2.75, 3.05) is 4.72 Å². The van der Waals surface area contributed by atoms with Crippen LogP contribution >= 0.6 is 0 Å². The zero-order valence-corrected chi connectivity index (χ0v) is 11.3. The van der Waals surface area contributed by atoms with E-state index >= 15 is 0 Å². The molecule has 11 heteroatoms. The average molecular weight is 337 g/mol. The Balaban J connectivity index is 2.19. The van der Waals surface area contributed by atoms with E-state index in [4.69, 9.17) is 4.74 Å². The number of nitrogens with zero attached hydrogens (tertiary/aromatic N) is 2. The van der Waals surface area contributed by atoms with Crippen LogP contribution in [-0.2, 0) is 10.0 Å². The first kappa shape index (κ1) is 15.9. The highest BCUT2D eigenvalue weighted by Crippen LogP contribution is 2.27. The predicted octanol–water partition coefficient (Wildman–Crippen LogP) is 2.67. The summed E-state index contributed by atoms with van der Waals surface area (Å²) in [5, 5.41) is 0. The fraction of sp³-hybridized carbons (Fsp3) is 0.0909. The normalized spacial score (nSPS) is 12.0. The third-order valence-electron chi connectivity index (χ3n) is 2.20. The average Bonchev–Trinajstić information content (AvgIpc) is 2.40. The molecule has 0 aliphatic rings. The standard InChI is InChI=1S/C11H7F4N3O3S/c12-7-5-16-10(17-6-7)21-9-3-1-2-8(4-9)18-22(19,20)11(13,14)15/h1-6,18H. The maximum absolute atomic E-state index is 12.6. The molecule has 0 spiro atoms. The Kier molecular flexibility index (Phi) is 4.17. The largest absolute Gasteiger partial charge is 0.516 e. The van der Waals surface area contributed by atoms with Gasteiger partial charge >= 0.3 is 21.5 Å². The fourth-order valence-corrected chi connectivity index (χ4v) is 1.85. The van der Waals surface area contributed by atoms with Gasteiger partial charge < -0.3 is 4.74 Å². The van der Waals surface area contributed by atoms with Crippen molar-refractivity contribution in [1.82, 2.24) is 9.97 Å². The Hall–Kier alpha value is -2.43. The number of hydrogen-bond donors (Lipinski definition) is 1. The Morgan fingerprint density at radius 2 is 1.77 bits per heavy atom. The second-order valence-corrected chi connectivity index (χ2v) is 5.54. The molecule has 1 N–H and O–H groups in total. The van der Waals surface area contributed by atoms with Crippen LogP contribution in [0.5, 0.6) is 11.8 Å². The van der Waals surface area contributed by atoms with Crippen molar-refractivity contribution in [3.8, 4) is 11.8 Å². The first-order chi connectivity index (χ1) is 10.2. The van der Waals surface area contributed by atoms with Crippen molar-refractivity contribution in [2.45, 2.75) is 5.51 Å². The smallest absolute Gasteiger partial charge is 0.424 e. The molecular weight excluding hydrogens is 330 g/mol. The van der Waals surface area contributed by atoms with Gasteiger partial charge in [0, 0.05) is 6.07 Å². The zero-order chi connectivity index (χ0) is 16.4. The van der Waals surface area contributed by atoms with Gasteiger partial charge in [0.05, 0.1) is 18.1 Å². The minimum Gasteiger partial charge on any atom is -0.424 e. The molecule has 0 aliphatic heterocycles. The lowest BCUT2D eigenvalue weighted by molar-refractivity contribution is -0.0429. The first-order valence-corrected chi connectivity index (χ1v) is 7.00. The van der Waals surface area contributed by atoms with Gasteiger partial charge in [-0.25, -0.2) is 14.4 Å². The van der Waals surface area contributed by atoms with Crippen molar-refractivity contribution in [1.29, 1.82) is 0 Å². The van der Waals surface area contributed by atoms with Crippen molar-refractivity contribution in [3.63, 3.8) is 0 Å². The van der Waals surface area contributed by atoms with Crippen molar-refractivity contribution in [3.05, 3.63) is 42.5 Å². The van der Waals surface area contributed by atoms with E-state index < -0.39 is 21.3 Å². The lowest BCUT2D eigenvalue weighted by Gasteiger charge is -2.11. The molecule has 0 bridgehead atoms. The molecule has 1 heterocycles. The van der Waals surface area contributed by atoms with Gasteiger partial charge in [-0.05, 0) is 12.1 Å². The fourth-order valence-electron chi connectivity index (χ4n) is 1.29. The van der Waals surface area contributed by atoms with Crippen molar-refractivity contribution >= 4 is 15.7 Å². The van der Waals surface area contributed by atoms with E-state index in [0.29, 0.717) is 0 Å². The monoisotopic (exact) mass is 337 g/mol. The molecule has 1 aromatic carbocycles. The van der Waals surface area contributed by atoms with Gasteiger partial charge in [0.2, 0.25) is 0 Å². The number of hydrogen-bond acceptors (Lipinski definition) is 5.